The molecular weight excluding hydrogens is 298 g/mol. The second-order valence-corrected chi connectivity index (χ2v) is 5.52. The number of carboxylic acid groups (broad SMARTS) is 1. The molecule has 0 radical (unpaired) electrons. The quantitative estimate of drug-likeness (QED) is 0.691. The molecule has 0 aliphatic rings. The van der Waals surface area contributed by atoms with Gasteiger partial charge in [-0.05, 0) is 37.5 Å². The first-order chi connectivity index (χ1) is 10.8. The standard InChI is InChI=1S/C17H19NO5/c1-5-6-13(19)11-7-12-14(20)8-15(23-17(21)22)18(4)16(12)10(3)9(11)2/h7-8H,5-6H2,1-4H3,(H,21,22). The highest BCUT2D eigenvalue weighted by atomic mass is 16.7. The van der Waals surface area contributed by atoms with E-state index in [1.54, 1.807) is 13.1 Å². The lowest BCUT2D eigenvalue weighted by molar-refractivity contribution is 0.0981. The minimum absolute atomic E-state index is 0.00270. The number of carbonyl (C=O) groups excluding carboxylic acids is 1. The van der Waals surface area contributed by atoms with E-state index in [2.05, 4.69) is 4.74 Å². The Kier molecular flexibility index (Phi) is 4.54. The zero-order valence-corrected chi connectivity index (χ0v) is 13.6. The van der Waals surface area contributed by atoms with Gasteiger partial charge in [-0.3, -0.25) is 9.59 Å². The summed E-state index contributed by atoms with van der Waals surface area (Å²) in [5.74, 6) is -0.0481. The van der Waals surface area contributed by atoms with E-state index in [1.165, 1.54) is 4.57 Å². The number of pyridine rings is 1. The first kappa shape index (κ1) is 16.7. The molecule has 0 bridgehead atoms. The van der Waals surface area contributed by atoms with E-state index in [9.17, 15) is 14.4 Å². The van der Waals surface area contributed by atoms with E-state index in [0.29, 0.717) is 22.9 Å². The van der Waals surface area contributed by atoms with Gasteiger partial charge in [-0.25, -0.2) is 4.79 Å². The summed E-state index contributed by atoms with van der Waals surface area (Å²) in [4.78, 5) is 35.3. The number of aryl methyl sites for hydroxylation is 2. The Bertz CT molecular complexity index is 864. The molecule has 0 atom stereocenters. The molecule has 6 nitrogen and oxygen atoms in total. The Labute approximate surface area is 133 Å². The first-order valence-corrected chi connectivity index (χ1v) is 7.35. The van der Waals surface area contributed by atoms with Crippen molar-refractivity contribution in [1.82, 2.24) is 4.57 Å². The zero-order valence-electron chi connectivity index (χ0n) is 13.6. The van der Waals surface area contributed by atoms with Crippen molar-refractivity contribution in [2.75, 3.05) is 0 Å². The van der Waals surface area contributed by atoms with Crippen molar-refractivity contribution in [3.63, 3.8) is 0 Å². The third-order valence-electron chi connectivity index (χ3n) is 4.02. The maximum Gasteiger partial charge on any atom is 0.512 e. The summed E-state index contributed by atoms with van der Waals surface area (Å²) in [5.41, 5.74) is 2.29. The van der Waals surface area contributed by atoms with Crippen LogP contribution < -0.4 is 10.2 Å². The summed E-state index contributed by atoms with van der Waals surface area (Å²) in [7, 11) is 1.63. The first-order valence-electron chi connectivity index (χ1n) is 7.35. The van der Waals surface area contributed by atoms with Crippen molar-refractivity contribution >= 4 is 22.8 Å². The lowest BCUT2D eigenvalue weighted by Crippen LogP contribution is -2.16. The minimum Gasteiger partial charge on any atom is -0.449 e. The Balaban J connectivity index is 2.82. The van der Waals surface area contributed by atoms with E-state index >= 15 is 0 Å². The summed E-state index contributed by atoms with van der Waals surface area (Å²) in [6.45, 7) is 5.56. The fourth-order valence-electron chi connectivity index (χ4n) is 2.76. The van der Waals surface area contributed by atoms with Crippen LogP contribution in [0.15, 0.2) is 16.9 Å². The van der Waals surface area contributed by atoms with Gasteiger partial charge in [0.1, 0.15) is 0 Å². The molecule has 0 aliphatic carbocycles. The highest BCUT2D eigenvalue weighted by molar-refractivity contribution is 6.02. The van der Waals surface area contributed by atoms with E-state index in [0.717, 1.165) is 23.6 Å². The number of hydrogen-bond acceptors (Lipinski definition) is 4. The minimum atomic E-state index is -1.48. The molecule has 0 fully saturated rings. The maximum atomic E-state index is 12.3. The van der Waals surface area contributed by atoms with Gasteiger partial charge in [0.05, 0.1) is 5.52 Å². The van der Waals surface area contributed by atoms with Crippen molar-refractivity contribution in [3.05, 3.63) is 39.0 Å². The molecular formula is C17H19NO5. The van der Waals surface area contributed by atoms with Crippen LogP contribution in [0, 0.1) is 13.8 Å². The van der Waals surface area contributed by atoms with E-state index < -0.39 is 6.16 Å². The predicted octanol–water partition coefficient (Wildman–Crippen LogP) is 3.19. The number of aromatic nitrogens is 1. The molecule has 1 heterocycles. The van der Waals surface area contributed by atoms with Crippen LogP contribution >= 0.6 is 0 Å². The predicted molar refractivity (Wildman–Crippen MR) is 86.6 cm³/mol. The van der Waals surface area contributed by atoms with Gasteiger partial charge < -0.3 is 14.4 Å². The molecule has 1 aromatic carbocycles. The monoisotopic (exact) mass is 317 g/mol. The average Bonchev–Trinajstić information content (AvgIpc) is 2.46. The number of carbonyl (C=O) groups is 2. The zero-order chi connectivity index (χ0) is 17.3. The van der Waals surface area contributed by atoms with Crippen LogP contribution in [0.25, 0.3) is 10.9 Å². The van der Waals surface area contributed by atoms with Gasteiger partial charge in [0.2, 0.25) is 5.88 Å². The number of Topliss-reactive ketones (excluding diaryl/α,β-unsaturated/α-hetero) is 1. The fraction of sp³-hybridized carbons (Fsp3) is 0.353. The Morgan fingerprint density at radius 2 is 1.87 bits per heavy atom. The van der Waals surface area contributed by atoms with Crippen molar-refractivity contribution in [1.29, 1.82) is 0 Å². The summed E-state index contributed by atoms with van der Waals surface area (Å²) in [6.07, 6.45) is -0.325. The smallest absolute Gasteiger partial charge is 0.449 e. The molecule has 0 saturated carbocycles. The molecule has 1 aromatic heterocycles. The third-order valence-corrected chi connectivity index (χ3v) is 4.02. The Morgan fingerprint density at radius 1 is 1.22 bits per heavy atom. The molecule has 0 amide bonds. The molecule has 2 rings (SSSR count). The SMILES string of the molecule is CCCC(=O)c1cc2c(=O)cc(OC(=O)O)n(C)c2c(C)c1C. The fourth-order valence-corrected chi connectivity index (χ4v) is 2.76. The van der Waals surface area contributed by atoms with Gasteiger partial charge in [-0.15, -0.1) is 0 Å². The molecule has 0 unspecified atom stereocenters. The van der Waals surface area contributed by atoms with Crippen LogP contribution in [-0.4, -0.2) is 21.6 Å². The van der Waals surface area contributed by atoms with Gasteiger partial charge >= 0.3 is 6.16 Å². The van der Waals surface area contributed by atoms with Crippen LogP contribution in [0.5, 0.6) is 5.88 Å². The van der Waals surface area contributed by atoms with Crippen molar-refractivity contribution < 1.29 is 19.4 Å². The summed E-state index contributed by atoms with van der Waals surface area (Å²) < 4.78 is 6.17. The Morgan fingerprint density at radius 3 is 2.43 bits per heavy atom. The van der Waals surface area contributed by atoms with Gasteiger partial charge in [-0.2, -0.15) is 0 Å². The second kappa shape index (κ2) is 6.24. The van der Waals surface area contributed by atoms with Crippen LogP contribution in [0.2, 0.25) is 0 Å². The van der Waals surface area contributed by atoms with Crippen LogP contribution in [-0.2, 0) is 7.05 Å². The van der Waals surface area contributed by atoms with Crippen molar-refractivity contribution in [2.45, 2.75) is 33.6 Å². The maximum absolute atomic E-state index is 12.3. The van der Waals surface area contributed by atoms with E-state index in [4.69, 9.17) is 5.11 Å². The van der Waals surface area contributed by atoms with Crippen LogP contribution in [0.3, 0.4) is 0 Å². The lowest BCUT2D eigenvalue weighted by Gasteiger charge is -2.16. The van der Waals surface area contributed by atoms with Crippen LogP contribution in [0.4, 0.5) is 4.79 Å². The van der Waals surface area contributed by atoms with Gasteiger partial charge in [0.25, 0.3) is 0 Å². The van der Waals surface area contributed by atoms with Crippen LogP contribution in [0.1, 0.15) is 41.3 Å². The summed E-state index contributed by atoms with van der Waals surface area (Å²) in [6, 6.07) is 2.72. The number of hydrogen-bond donors (Lipinski definition) is 1. The van der Waals surface area contributed by atoms with Gasteiger partial charge in [-0.1, -0.05) is 6.92 Å². The number of rotatable bonds is 4. The largest absolute Gasteiger partial charge is 0.512 e. The Hall–Kier alpha value is -2.63. The van der Waals surface area contributed by atoms with E-state index in [1.807, 2.05) is 20.8 Å². The summed E-state index contributed by atoms with van der Waals surface area (Å²) in [5, 5.41) is 9.15. The van der Waals surface area contributed by atoms with E-state index in [-0.39, 0.29) is 17.1 Å². The number of ketones is 1. The average molecular weight is 317 g/mol. The van der Waals surface area contributed by atoms with Crippen molar-refractivity contribution in [2.24, 2.45) is 7.05 Å². The molecule has 2 aromatic rings. The molecule has 0 saturated heterocycles. The molecule has 122 valence electrons. The van der Waals surface area contributed by atoms with Gasteiger partial charge in [0.15, 0.2) is 11.2 Å². The highest BCUT2D eigenvalue weighted by Gasteiger charge is 2.18. The molecule has 23 heavy (non-hydrogen) atoms. The van der Waals surface area contributed by atoms with Gasteiger partial charge in [0, 0.05) is 30.5 Å². The molecule has 0 spiro atoms. The number of nitrogens with zero attached hydrogens (tertiary/aromatic N) is 1. The normalized spacial score (nSPS) is 10.8. The highest BCUT2D eigenvalue weighted by Crippen LogP contribution is 2.26. The molecule has 1 N–H and O–H groups in total. The topological polar surface area (TPSA) is 85.6 Å². The molecule has 0 aliphatic heterocycles. The second-order valence-electron chi connectivity index (χ2n) is 5.52. The third kappa shape index (κ3) is 2.97. The number of fused-ring (bicyclic) bond motifs is 1. The number of ether oxygens (including phenoxy) is 1. The van der Waals surface area contributed by atoms with Crippen molar-refractivity contribution in [3.8, 4) is 5.88 Å². The lowest BCUT2D eigenvalue weighted by atomic mass is 9.94. The number of benzene rings is 1. The molecule has 6 heteroatoms. The summed E-state index contributed by atoms with van der Waals surface area (Å²) >= 11 is 0.